The van der Waals surface area contributed by atoms with E-state index in [0.717, 1.165) is 30.3 Å². The van der Waals surface area contributed by atoms with Crippen LogP contribution in [0.25, 0.3) is 10.9 Å². The van der Waals surface area contributed by atoms with Gasteiger partial charge < -0.3 is 14.8 Å². The Morgan fingerprint density at radius 2 is 2.31 bits per heavy atom. The molecule has 0 spiro atoms. The number of nitrogens with one attached hydrogen (secondary N) is 1. The zero-order chi connectivity index (χ0) is 18.0. The number of allylic oxidation sites excluding steroid dienone is 1. The van der Waals surface area contributed by atoms with Crippen molar-refractivity contribution in [3.63, 3.8) is 0 Å². The number of fused-ring (bicyclic) bond motifs is 4. The maximum absolute atomic E-state index is 11.4. The number of benzene rings is 1. The molecule has 5 heteroatoms. The lowest BCUT2D eigenvalue weighted by molar-refractivity contribution is -0.146. The number of aromatic hydroxyl groups is 1. The normalized spacial score (nSPS) is 33.5. The van der Waals surface area contributed by atoms with Gasteiger partial charge in [-0.25, -0.2) is 0 Å². The highest BCUT2D eigenvalue weighted by Gasteiger charge is 2.53. The topological polar surface area (TPSA) is 65.6 Å². The van der Waals surface area contributed by atoms with Gasteiger partial charge in [-0.05, 0) is 49.4 Å². The van der Waals surface area contributed by atoms with Gasteiger partial charge in [-0.2, -0.15) is 0 Å². The van der Waals surface area contributed by atoms with E-state index in [4.69, 9.17) is 4.74 Å². The number of phenols is 1. The first-order valence-electron chi connectivity index (χ1n) is 9.44. The zero-order valence-electron chi connectivity index (χ0n) is 15.2. The number of hydrogen-bond donors (Lipinski definition) is 2. The summed E-state index contributed by atoms with van der Waals surface area (Å²) in [4.78, 5) is 17.6. The number of esters is 1. The number of H-pyrrole nitrogens is 1. The van der Waals surface area contributed by atoms with E-state index in [0.29, 0.717) is 36.3 Å². The number of ether oxygens (including phenoxy) is 1. The fourth-order valence-electron chi connectivity index (χ4n) is 5.55. The molecule has 4 bridgehead atoms. The minimum Gasteiger partial charge on any atom is -0.508 e. The number of aromatic amines is 1. The Kier molecular flexibility index (Phi) is 3.44. The summed E-state index contributed by atoms with van der Waals surface area (Å²) in [7, 11) is 0. The van der Waals surface area contributed by atoms with E-state index >= 15 is 0 Å². The molecule has 4 aliphatic rings. The highest BCUT2D eigenvalue weighted by Crippen LogP contribution is 2.54. The number of piperidine rings is 3. The predicted molar refractivity (Wildman–Crippen MR) is 98.9 cm³/mol. The quantitative estimate of drug-likeness (QED) is 0.643. The van der Waals surface area contributed by atoms with Crippen LogP contribution in [0.4, 0.5) is 0 Å². The number of nitrogens with zero attached hydrogens (tertiary/aromatic N) is 1. The van der Waals surface area contributed by atoms with Gasteiger partial charge in [0.1, 0.15) is 5.75 Å². The van der Waals surface area contributed by atoms with Crippen molar-refractivity contribution < 1.29 is 14.6 Å². The number of carbonyl (C=O) groups is 1. The fraction of sp³-hybridized carbons (Fsp3) is 0.476. The second kappa shape index (κ2) is 5.61. The molecule has 136 valence electrons. The molecule has 2 unspecified atom stereocenters. The van der Waals surface area contributed by atoms with Crippen LogP contribution in [-0.2, 0) is 16.0 Å². The van der Waals surface area contributed by atoms with Crippen molar-refractivity contribution in [1.29, 1.82) is 0 Å². The Balaban J connectivity index is 1.59. The molecule has 5 nitrogen and oxygen atoms in total. The smallest absolute Gasteiger partial charge is 0.302 e. The summed E-state index contributed by atoms with van der Waals surface area (Å²) in [5.41, 5.74) is 5.22. The predicted octanol–water partition coefficient (Wildman–Crippen LogP) is 3.30. The van der Waals surface area contributed by atoms with E-state index in [1.807, 2.05) is 12.1 Å². The maximum atomic E-state index is 11.4. The first kappa shape index (κ1) is 15.9. The lowest BCUT2D eigenvalue weighted by Crippen LogP contribution is -2.61. The molecule has 2 aromatic rings. The lowest BCUT2D eigenvalue weighted by atomic mass is 9.64. The number of aromatic nitrogens is 1. The van der Waals surface area contributed by atoms with Crippen molar-refractivity contribution in [2.24, 2.45) is 11.8 Å². The maximum Gasteiger partial charge on any atom is 0.302 e. The molecular weight excluding hydrogens is 328 g/mol. The molecule has 2 N–H and O–H groups in total. The van der Waals surface area contributed by atoms with E-state index in [2.05, 4.69) is 22.9 Å². The molecule has 5 atom stereocenters. The Morgan fingerprint density at radius 3 is 3.08 bits per heavy atom. The van der Waals surface area contributed by atoms with Gasteiger partial charge in [0.2, 0.25) is 0 Å². The highest BCUT2D eigenvalue weighted by atomic mass is 16.5. The van der Waals surface area contributed by atoms with Gasteiger partial charge in [0.15, 0.2) is 0 Å². The third-order valence-corrected chi connectivity index (χ3v) is 6.68. The summed E-state index contributed by atoms with van der Waals surface area (Å²) in [5, 5.41) is 11.1. The number of rotatable bonds is 2. The van der Waals surface area contributed by atoms with Crippen LogP contribution in [0.2, 0.25) is 0 Å². The van der Waals surface area contributed by atoms with Crippen molar-refractivity contribution in [2.75, 3.05) is 13.2 Å². The van der Waals surface area contributed by atoms with Crippen LogP contribution >= 0.6 is 0 Å². The van der Waals surface area contributed by atoms with E-state index in [-0.39, 0.29) is 5.97 Å². The monoisotopic (exact) mass is 352 g/mol. The third-order valence-electron chi connectivity index (χ3n) is 6.68. The van der Waals surface area contributed by atoms with Gasteiger partial charge in [0, 0.05) is 42.0 Å². The third kappa shape index (κ3) is 2.16. The molecule has 0 amide bonds. The number of hydrogen-bond acceptors (Lipinski definition) is 4. The minimum absolute atomic E-state index is 0.200. The van der Waals surface area contributed by atoms with Crippen molar-refractivity contribution in [2.45, 2.75) is 38.8 Å². The minimum atomic E-state index is -0.200. The highest BCUT2D eigenvalue weighted by molar-refractivity contribution is 5.86. The van der Waals surface area contributed by atoms with Gasteiger partial charge in [0.05, 0.1) is 12.6 Å². The Morgan fingerprint density at radius 1 is 1.46 bits per heavy atom. The molecule has 26 heavy (non-hydrogen) atoms. The van der Waals surface area contributed by atoms with Crippen molar-refractivity contribution in [3.8, 4) is 5.75 Å². The van der Waals surface area contributed by atoms with E-state index < -0.39 is 0 Å². The summed E-state index contributed by atoms with van der Waals surface area (Å²) in [5.74, 6) is 0.927. The molecule has 5 heterocycles. The summed E-state index contributed by atoms with van der Waals surface area (Å²) in [6, 6.07) is 6.35. The molecule has 0 radical (unpaired) electrons. The van der Waals surface area contributed by atoms with Crippen LogP contribution in [-0.4, -0.2) is 40.2 Å². The number of carbonyl (C=O) groups excluding carboxylic acids is 1. The average Bonchev–Trinajstić information content (AvgIpc) is 2.98. The first-order valence-corrected chi connectivity index (χ1v) is 9.44. The first-order chi connectivity index (χ1) is 12.6. The SMILES string of the molecule is C/C=C1/CN2[C@H]3C[C@@H]1C(COC(C)=O)[C@@H]2Cc1c3[nH]c2ccc(O)cc12. The summed E-state index contributed by atoms with van der Waals surface area (Å²) < 4.78 is 5.45. The molecule has 1 aromatic heterocycles. The largest absolute Gasteiger partial charge is 0.508 e. The second-order valence-corrected chi connectivity index (χ2v) is 7.88. The summed E-state index contributed by atoms with van der Waals surface area (Å²) >= 11 is 0. The zero-order valence-corrected chi connectivity index (χ0v) is 15.2. The molecular formula is C21H24N2O3. The Labute approximate surface area is 152 Å². The second-order valence-electron chi connectivity index (χ2n) is 7.88. The molecule has 1 aromatic carbocycles. The molecule has 0 saturated carbocycles. The van der Waals surface area contributed by atoms with E-state index in [1.165, 1.54) is 23.8 Å². The fourth-order valence-corrected chi connectivity index (χ4v) is 5.55. The van der Waals surface area contributed by atoms with Gasteiger partial charge in [0.25, 0.3) is 0 Å². The van der Waals surface area contributed by atoms with E-state index in [9.17, 15) is 9.90 Å². The van der Waals surface area contributed by atoms with Crippen LogP contribution in [0.1, 0.15) is 37.6 Å². The molecule has 4 aliphatic heterocycles. The van der Waals surface area contributed by atoms with Crippen LogP contribution in [0, 0.1) is 11.8 Å². The average molecular weight is 352 g/mol. The lowest BCUT2D eigenvalue weighted by Gasteiger charge is -2.58. The van der Waals surface area contributed by atoms with Gasteiger partial charge in [-0.15, -0.1) is 0 Å². The van der Waals surface area contributed by atoms with Crippen LogP contribution in [0.5, 0.6) is 5.75 Å². The van der Waals surface area contributed by atoms with Gasteiger partial charge >= 0.3 is 5.97 Å². The van der Waals surface area contributed by atoms with Crippen molar-refractivity contribution in [3.05, 3.63) is 41.1 Å². The Hall–Kier alpha value is -2.27. The van der Waals surface area contributed by atoms with Crippen molar-refractivity contribution in [1.82, 2.24) is 9.88 Å². The van der Waals surface area contributed by atoms with Crippen LogP contribution in [0.3, 0.4) is 0 Å². The van der Waals surface area contributed by atoms with Crippen molar-refractivity contribution >= 4 is 16.9 Å². The molecule has 6 rings (SSSR count). The van der Waals surface area contributed by atoms with Crippen LogP contribution in [0.15, 0.2) is 29.8 Å². The number of phenolic OH excluding ortho intramolecular Hbond substituents is 1. The van der Waals surface area contributed by atoms with Gasteiger partial charge in [-0.1, -0.05) is 11.6 Å². The van der Waals surface area contributed by atoms with Gasteiger partial charge in [-0.3, -0.25) is 9.69 Å². The molecule has 3 fully saturated rings. The molecule has 0 aliphatic carbocycles. The Bertz CT molecular complexity index is 929. The van der Waals surface area contributed by atoms with Crippen LogP contribution < -0.4 is 0 Å². The summed E-state index contributed by atoms with van der Waals surface area (Å²) in [6.45, 7) is 5.11. The van der Waals surface area contributed by atoms with E-state index in [1.54, 1.807) is 6.07 Å². The standard InChI is InChI=1S/C21H24N2O3/c1-3-12-9-23-19-8-16-15-6-13(25)4-5-18(15)22-21(16)20(23)7-14(12)17(19)10-26-11(2)24/h3-6,14,17,19-20,22,25H,7-10H2,1-2H3/b12-3-/t14-,17?,19-,20-/m0/s1. The molecule has 3 saturated heterocycles. The summed E-state index contributed by atoms with van der Waals surface area (Å²) in [6.07, 6.45) is 4.25.